The van der Waals surface area contributed by atoms with E-state index in [0.717, 1.165) is 4.57 Å². The molecule has 0 fully saturated rings. The number of benzene rings is 1. The Hall–Kier alpha value is -3.36. The summed E-state index contributed by atoms with van der Waals surface area (Å²) in [6.07, 6.45) is 0. The van der Waals surface area contributed by atoms with Gasteiger partial charge in [-0.3, -0.25) is 23.3 Å². The van der Waals surface area contributed by atoms with Crippen molar-refractivity contribution in [3.63, 3.8) is 0 Å². The molecule has 9 nitrogen and oxygen atoms in total. The van der Waals surface area contributed by atoms with Gasteiger partial charge in [0.25, 0.3) is 5.56 Å². The minimum absolute atomic E-state index is 0.0560. The Balaban J connectivity index is 2.31. The van der Waals surface area contributed by atoms with Crippen LogP contribution in [-0.4, -0.2) is 29.8 Å². The van der Waals surface area contributed by atoms with Gasteiger partial charge in [0.05, 0.1) is 0 Å². The molecule has 124 valence electrons. The average Bonchev–Trinajstić information content (AvgIpc) is 2.90. The fourth-order valence-corrected chi connectivity index (χ4v) is 2.48. The first-order valence-corrected chi connectivity index (χ1v) is 7.10. The standard InChI is InChI=1S/C15H15N5O4/c1-18-12-11(13(23)19(2)15(18)24)20(8-10(21)22)14(17-12)16-9-6-4-3-5-7-9/h3-7H,8H2,1-2H3,(H,16,17)(H,21,22). The van der Waals surface area contributed by atoms with Gasteiger partial charge in [0, 0.05) is 19.8 Å². The van der Waals surface area contributed by atoms with Gasteiger partial charge in [-0.1, -0.05) is 18.2 Å². The Morgan fingerprint density at radius 1 is 1.17 bits per heavy atom. The van der Waals surface area contributed by atoms with Crippen molar-refractivity contribution in [2.24, 2.45) is 14.1 Å². The van der Waals surface area contributed by atoms with Gasteiger partial charge in [-0.05, 0) is 12.1 Å². The number of imidazole rings is 1. The number of nitrogens with one attached hydrogen (secondary N) is 1. The van der Waals surface area contributed by atoms with E-state index in [0.29, 0.717) is 5.69 Å². The maximum Gasteiger partial charge on any atom is 0.332 e. The Kier molecular flexibility index (Phi) is 3.68. The summed E-state index contributed by atoms with van der Waals surface area (Å²) < 4.78 is 3.40. The minimum Gasteiger partial charge on any atom is -0.480 e. The first-order chi connectivity index (χ1) is 11.4. The molecule has 0 bridgehead atoms. The lowest BCUT2D eigenvalue weighted by Crippen LogP contribution is -2.37. The monoisotopic (exact) mass is 329 g/mol. The molecule has 9 heteroatoms. The first-order valence-electron chi connectivity index (χ1n) is 7.10. The van der Waals surface area contributed by atoms with Crippen LogP contribution in [-0.2, 0) is 25.4 Å². The Bertz CT molecular complexity index is 1050. The molecule has 0 saturated carbocycles. The van der Waals surface area contributed by atoms with Crippen LogP contribution in [0.2, 0.25) is 0 Å². The number of aromatic nitrogens is 4. The van der Waals surface area contributed by atoms with Crippen molar-refractivity contribution in [2.75, 3.05) is 5.32 Å². The van der Waals surface area contributed by atoms with Gasteiger partial charge in [0.15, 0.2) is 11.2 Å². The van der Waals surface area contributed by atoms with Gasteiger partial charge in [-0.15, -0.1) is 0 Å². The number of carboxylic acids is 1. The summed E-state index contributed by atoms with van der Waals surface area (Å²) in [4.78, 5) is 40.0. The molecule has 0 unspecified atom stereocenters. The number of aryl methyl sites for hydroxylation is 1. The second-order valence-electron chi connectivity index (χ2n) is 5.28. The van der Waals surface area contributed by atoms with E-state index in [1.807, 2.05) is 6.07 Å². The highest BCUT2D eigenvalue weighted by atomic mass is 16.4. The van der Waals surface area contributed by atoms with Gasteiger partial charge in [0.2, 0.25) is 5.95 Å². The fourth-order valence-electron chi connectivity index (χ4n) is 2.48. The lowest BCUT2D eigenvalue weighted by atomic mass is 10.3. The van der Waals surface area contributed by atoms with Crippen LogP contribution >= 0.6 is 0 Å². The number of carboxylic acid groups (broad SMARTS) is 1. The predicted molar refractivity (Wildman–Crippen MR) is 87.6 cm³/mol. The lowest BCUT2D eigenvalue weighted by molar-refractivity contribution is -0.137. The molecule has 24 heavy (non-hydrogen) atoms. The van der Waals surface area contributed by atoms with Crippen molar-refractivity contribution >= 4 is 28.8 Å². The number of fused-ring (bicyclic) bond motifs is 1. The van der Waals surface area contributed by atoms with Gasteiger partial charge >= 0.3 is 11.7 Å². The molecule has 0 aliphatic carbocycles. The van der Waals surface area contributed by atoms with Crippen LogP contribution in [0.3, 0.4) is 0 Å². The number of carbonyl (C=O) groups is 1. The van der Waals surface area contributed by atoms with E-state index >= 15 is 0 Å². The second-order valence-corrected chi connectivity index (χ2v) is 5.28. The Morgan fingerprint density at radius 2 is 1.83 bits per heavy atom. The van der Waals surface area contributed by atoms with Gasteiger partial charge in [-0.25, -0.2) is 4.79 Å². The summed E-state index contributed by atoms with van der Waals surface area (Å²) in [5, 5.41) is 12.2. The van der Waals surface area contributed by atoms with Crippen LogP contribution in [0.4, 0.5) is 11.6 Å². The Morgan fingerprint density at radius 3 is 2.46 bits per heavy atom. The molecule has 2 aromatic heterocycles. The molecule has 0 atom stereocenters. The van der Waals surface area contributed by atoms with E-state index in [4.69, 9.17) is 5.11 Å². The molecule has 3 aromatic rings. The molecule has 0 radical (unpaired) electrons. The maximum atomic E-state index is 12.4. The third-order valence-electron chi connectivity index (χ3n) is 3.67. The number of rotatable bonds is 4. The van der Waals surface area contributed by atoms with Crippen molar-refractivity contribution in [1.82, 2.24) is 18.7 Å². The van der Waals surface area contributed by atoms with E-state index in [1.54, 1.807) is 24.3 Å². The summed E-state index contributed by atoms with van der Waals surface area (Å²) in [5.74, 6) is -0.946. The van der Waals surface area contributed by atoms with E-state index in [-0.39, 0.29) is 17.1 Å². The smallest absolute Gasteiger partial charge is 0.332 e. The van der Waals surface area contributed by atoms with Crippen LogP contribution in [0.15, 0.2) is 39.9 Å². The zero-order chi connectivity index (χ0) is 17.4. The number of hydrogen-bond donors (Lipinski definition) is 2. The van der Waals surface area contributed by atoms with Crippen molar-refractivity contribution in [2.45, 2.75) is 6.54 Å². The van der Waals surface area contributed by atoms with Crippen molar-refractivity contribution in [3.05, 3.63) is 51.2 Å². The van der Waals surface area contributed by atoms with Crippen LogP contribution in [0.1, 0.15) is 0 Å². The molecular formula is C15H15N5O4. The summed E-state index contributed by atoms with van der Waals surface area (Å²) >= 11 is 0. The molecule has 0 aliphatic rings. The van der Waals surface area contributed by atoms with E-state index in [1.165, 1.54) is 23.2 Å². The molecule has 0 aliphatic heterocycles. The molecule has 1 aromatic carbocycles. The Labute approximate surface area is 135 Å². The van der Waals surface area contributed by atoms with E-state index in [9.17, 15) is 14.4 Å². The summed E-state index contributed by atoms with van der Waals surface area (Å²) in [7, 11) is 2.82. The maximum absolute atomic E-state index is 12.4. The summed E-state index contributed by atoms with van der Waals surface area (Å²) in [5.41, 5.74) is -0.258. The fraction of sp³-hybridized carbons (Fsp3) is 0.200. The molecule has 0 spiro atoms. The van der Waals surface area contributed by atoms with Crippen LogP contribution in [0.5, 0.6) is 0 Å². The van der Waals surface area contributed by atoms with Crippen molar-refractivity contribution in [3.8, 4) is 0 Å². The normalized spacial score (nSPS) is 10.9. The molecule has 0 amide bonds. The van der Waals surface area contributed by atoms with Crippen molar-refractivity contribution in [1.29, 1.82) is 0 Å². The zero-order valence-electron chi connectivity index (χ0n) is 13.1. The predicted octanol–water partition coefficient (Wildman–Crippen LogP) is 0.262. The third-order valence-corrected chi connectivity index (χ3v) is 3.67. The highest BCUT2D eigenvalue weighted by molar-refractivity contribution is 5.79. The molecule has 2 heterocycles. The molecule has 2 N–H and O–H groups in total. The largest absolute Gasteiger partial charge is 0.480 e. The first kappa shape index (κ1) is 15.5. The number of anilines is 2. The van der Waals surface area contributed by atoms with Crippen LogP contribution in [0.25, 0.3) is 11.2 Å². The third kappa shape index (κ3) is 2.45. The molecule has 0 saturated heterocycles. The van der Waals surface area contributed by atoms with Crippen LogP contribution < -0.4 is 16.6 Å². The second kappa shape index (κ2) is 5.69. The summed E-state index contributed by atoms with van der Waals surface area (Å²) in [6, 6.07) is 9.01. The number of hydrogen-bond acceptors (Lipinski definition) is 5. The topological polar surface area (TPSA) is 111 Å². The SMILES string of the molecule is Cn1c(=O)c2c(nc(Nc3ccccc3)n2CC(=O)O)n(C)c1=O. The quantitative estimate of drug-likeness (QED) is 0.710. The van der Waals surface area contributed by atoms with Crippen LogP contribution in [0, 0.1) is 0 Å². The number of nitrogens with zero attached hydrogens (tertiary/aromatic N) is 4. The number of para-hydroxylation sites is 1. The minimum atomic E-state index is -1.12. The average molecular weight is 329 g/mol. The summed E-state index contributed by atoms with van der Waals surface area (Å²) in [6.45, 7) is -0.459. The van der Waals surface area contributed by atoms with E-state index in [2.05, 4.69) is 10.3 Å². The highest BCUT2D eigenvalue weighted by Crippen LogP contribution is 2.19. The molecular weight excluding hydrogens is 314 g/mol. The van der Waals surface area contributed by atoms with Gasteiger partial charge in [-0.2, -0.15) is 4.98 Å². The highest BCUT2D eigenvalue weighted by Gasteiger charge is 2.20. The molecule has 3 rings (SSSR count). The van der Waals surface area contributed by atoms with Crippen molar-refractivity contribution < 1.29 is 9.90 Å². The van der Waals surface area contributed by atoms with Gasteiger partial charge in [0.1, 0.15) is 6.54 Å². The number of aliphatic carboxylic acids is 1. The van der Waals surface area contributed by atoms with Gasteiger partial charge < -0.3 is 10.4 Å². The lowest BCUT2D eigenvalue weighted by Gasteiger charge is -2.08. The van der Waals surface area contributed by atoms with E-state index < -0.39 is 23.8 Å². The zero-order valence-corrected chi connectivity index (χ0v) is 13.1.